The highest BCUT2D eigenvalue weighted by atomic mass is 35.5. The Labute approximate surface area is 95.1 Å². The van der Waals surface area contributed by atoms with Gasteiger partial charge < -0.3 is 9.47 Å². The van der Waals surface area contributed by atoms with Crippen molar-refractivity contribution in [2.45, 2.75) is 26.6 Å². The van der Waals surface area contributed by atoms with Gasteiger partial charge in [0.25, 0.3) is 0 Å². The van der Waals surface area contributed by atoms with Crippen molar-refractivity contribution in [3.63, 3.8) is 0 Å². The van der Waals surface area contributed by atoms with E-state index in [0.717, 1.165) is 5.56 Å². The minimum atomic E-state index is -0.671. The molecule has 1 heterocycles. The molecule has 1 aromatic carbocycles. The maximum atomic E-state index is 6.21. The molecule has 1 aromatic rings. The molecule has 15 heavy (non-hydrogen) atoms. The van der Waals surface area contributed by atoms with Crippen molar-refractivity contribution < 1.29 is 9.47 Å². The Morgan fingerprint density at radius 1 is 1.13 bits per heavy atom. The highest BCUT2D eigenvalue weighted by molar-refractivity contribution is 6.31. The van der Waals surface area contributed by atoms with Crippen LogP contribution in [0.2, 0.25) is 5.02 Å². The van der Waals surface area contributed by atoms with Crippen LogP contribution in [0.15, 0.2) is 12.1 Å². The van der Waals surface area contributed by atoms with Crippen LogP contribution >= 0.6 is 11.6 Å². The van der Waals surface area contributed by atoms with Crippen LogP contribution in [0.4, 0.5) is 0 Å². The van der Waals surface area contributed by atoms with E-state index in [9.17, 15) is 0 Å². The van der Waals surface area contributed by atoms with Gasteiger partial charge in [0.15, 0.2) is 5.79 Å². The van der Waals surface area contributed by atoms with Gasteiger partial charge in [-0.2, -0.15) is 0 Å². The van der Waals surface area contributed by atoms with Gasteiger partial charge in [-0.3, -0.25) is 0 Å². The lowest BCUT2D eigenvalue weighted by Crippen LogP contribution is -2.23. The molecule has 1 aliphatic heterocycles. The molecule has 0 saturated carbocycles. The lowest BCUT2D eigenvalue weighted by Gasteiger charge is -2.24. The number of benzene rings is 1. The van der Waals surface area contributed by atoms with Crippen LogP contribution in [0, 0.1) is 13.8 Å². The fourth-order valence-corrected chi connectivity index (χ4v) is 2.19. The van der Waals surface area contributed by atoms with Gasteiger partial charge in [-0.25, -0.2) is 0 Å². The maximum absolute atomic E-state index is 6.21. The number of hydrogen-bond donors (Lipinski definition) is 0. The fraction of sp³-hybridized carbons (Fsp3) is 0.500. The Morgan fingerprint density at radius 2 is 1.67 bits per heavy atom. The van der Waals surface area contributed by atoms with Crippen molar-refractivity contribution in [1.82, 2.24) is 0 Å². The zero-order valence-electron chi connectivity index (χ0n) is 9.26. The second kappa shape index (κ2) is 3.78. The van der Waals surface area contributed by atoms with Crippen molar-refractivity contribution in [2.75, 3.05) is 13.2 Å². The molecule has 0 spiro atoms. The standard InChI is InChI=1S/C12H15ClO2/c1-8-6-10(11(13)7-9(8)2)12(3)14-4-5-15-12/h6-7H,4-5H2,1-3H3. The van der Waals surface area contributed by atoms with Gasteiger partial charge in [0.1, 0.15) is 0 Å². The number of rotatable bonds is 1. The summed E-state index contributed by atoms with van der Waals surface area (Å²) in [4.78, 5) is 0. The lowest BCUT2D eigenvalue weighted by atomic mass is 10.0. The first-order valence-electron chi connectivity index (χ1n) is 5.08. The smallest absolute Gasteiger partial charge is 0.193 e. The average molecular weight is 227 g/mol. The molecule has 2 rings (SSSR count). The normalized spacial score (nSPS) is 19.5. The first kappa shape index (κ1) is 10.9. The quantitative estimate of drug-likeness (QED) is 0.732. The fourth-order valence-electron chi connectivity index (χ4n) is 1.80. The van der Waals surface area contributed by atoms with E-state index in [-0.39, 0.29) is 0 Å². The first-order valence-corrected chi connectivity index (χ1v) is 5.46. The maximum Gasteiger partial charge on any atom is 0.193 e. The molecular weight excluding hydrogens is 212 g/mol. The Hall–Kier alpha value is -0.570. The van der Waals surface area contributed by atoms with E-state index in [4.69, 9.17) is 21.1 Å². The van der Waals surface area contributed by atoms with Gasteiger partial charge in [0.2, 0.25) is 0 Å². The second-order valence-electron chi connectivity index (χ2n) is 4.06. The second-order valence-corrected chi connectivity index (χ2v) is 4.47. The van der Waals surface area contributed by atoms with E-state index < -0.39 is 5.79 Å². The minimum Gasteiger partial charge on any atom is -0.344 e. The third-order valence-corrected chi connectivity index (χ3v) is 3.22. The third kappa shape index (κ3) is 1.89. The summed E-state index contributed by atoms with van der Waals surface area (Å²) < 4.78 is 11.2. The molecule has 0 amide bonds. The molecule has 0 N–H and O–H groups in total. The van der Waals surface area contributed by atoms with Crippen LogP contribution in [0.5, 0.6) is 0 Å². The SMILES string of the molecule is Cc1cc(Cl)c(C2(C)OCCO2)cc1C. The minimum absolute atomic E-state index is 0.625. The summed E-state index contributed by atoms with van der Waals surface area (Å²) in [7, 11) is 0. The van der Waals surface area contributed by atoms with E-state index in [0.29, 0.717) is 18.2 Å². The molecule has 82 valence electrons. The largest absolute Gasteiger partial charge is 0.344 e. The van der Waals surface area contributed by atoms with Crippen LogP contribution in [-0.2, 0) is 15.3 Å². The lowest BCUT2D eigenvalue weighted by molar-refractivity contribution is -0.149. The summed E-state index contributed by atoms with van der Waals surface area (Å²) in [5.74, 6) is -0.671. The molecule has 0 aromatic heterocycles. The van der Waals surface area contributed by atoms with Crippen molar-refractivity contribution in [1.29, 1.82) is 0 Å². The zero-order valence-corrected chi connectivity index (χ0v) is 10.0. The average Bonchev–Trinajstić information content (AvgIpc) is 2.60. The molecule has 0 atom stereocenters. The van der Waals surface area contributed by atoms with Gasteiger partial charge in [-0.05, 0) is 44.0 Å². The van der Waals surface area contributed by atoms with Crippen molar-refractivity contribution in [3.05, 3.63) is 33.8 Å². The first-order chi connectivity index (χ1) is 7.03. The molecule has 1 fully saturated rings. The molecule has 0 unspecified atom stereocenters. The number of hydrogen-bond acceptors (Lipinski definition) is 2. The predicted molar refractivity (Wildman–Crippen MR) is 60.2 cm³/mol. The monoisotopic (exact) mass is 226 g/mol. The van der Waals surface area contributed by atoms with Crippen LogP contribution in [0.25, 0.3) is 0 Å². The third-order valence-electron chi connectivity index (χ3n) is 2.91. The number of aryl methyl sites for hydroxylation is 2. The molecule has 0 aliphatic carbocycles. The van der Waals surface area contributed by atoms with Gasteiger partial charge >= 0.3 is 0 Å². The summed E-state index contributed by atoms with van der Waals surface area (Å²) in [6.45, 7) is 7.27. The Kier molecular flexibility index (Phi) is 2.75. The van der Waals surface area contributed by atoms with Gasteiger partial charge in [0, 0.05) is 10.6 Å². The van der Waals surface area contributed by atoms with Crippen molar-refractivity contribution in [2.24, 2.45) is 0 Å². The molecular formula is C12H15ClO2. The molecule has 0 radical (unpaired) electrons. The van der Waals surface area contributed by atoms with E-state index in [2.05, 4.69) is 6.92 Å². The van der Waals surface area contributed by atoms with Gasteiger partial charge in [0.05, 0.1) is 13.2 Å². The van der Waals surface area contributed by atoms with Crippen LogP contribution < -0.4 is 0 Å². The zero-order chi connectivity index (χ0) is 11.1. The van der Waals surface area contributed by atoms with Crippen LogP contribution in [-0.4, -0.2) is 13.2 Å². The van der Waals surface area contributed by atoms with E-state index in [1.54, 1.807) is 0 Å². The van der Waals surface area contributed by atoms with Crippen LogP contribution in [0.1, 0.15) is 23.6 Å². The summed E-state index contributed by atoms with van der Waals surface area (Å²) >= 11 is 6.21. The van der Waals surface area contributed by atoms with Gasteiger partial charge in [-0.1, -0.05) is 11.6 Å². The summed E-state index contributed by atoms with van der Waals surface area (Å²) in [6.07, 6.45) is 0. The Morgan fingerprint density at radius 3 is 2.27 bits per heavy atom. The molecule has 1 aliphatic rings. The van der Waals surface area contributed by atoms with Crippen molar-refractivity contribution >= 4 is 11.6 Å². The van der Waals surface area contributed by atoms with Crippen LogP contribution in [0.3, 0.4) is 0 Å². The Bertz CT molecular complexity index is 381. The number of ether oxygens (including phenoxy) is 2. The van der Waals surface area contributed by atoms with Gasteiger partial charge in [-0.15, -0.1) is 0 Å². The molecule has 2 nitrogen and oxygen atoms in total. The summed E-state index contributed by atoms with van der Waals surface area (Å²) in [5, 5.41) is 0.711. The van der Waals surface area contributed by atoms with E-state index in [1.807, 2.05) is 26.0 Å². The van der Waals surface area contributed by atoms with Crippen molar-refractivity contribution in [3.8, 4) is 0 Å². The highest BCUT2D eigenvalue weighted by Crippen LogP contribution is 2.36. The topological polar surface area (TPSA) is 18.5 Å². The Balaban J connectivity index is 2.48. The molecule has 3 heteroatoms. The number of halogens is 1. The molecule has 0 bridgehead atoms. The molecule has 1 saturated heterocycles. The summed E-state index contributed by atoms with van der Waals surface area (Å²) in [6, 6.07) is 4.01. The van der Waals surface area contributed by atoms with E-state index >= 15 is 0 Å². The highest BCUT2D eigenvalue weighted by Gasteiger charge is 2.35. The summed E-state index contributed by atoms with van der Waals surface area (Å²) in [5.41, 5.74) is 3.31. The van der Waals surface area contributed by atoms with E-state index in [1.165, 1.54) is 11.1 Å². The predicted octanol–water partition coefficient (Wildman–Crippen LogP) is 3.18.